The van der Waals surface area contributed by atoms with Crippen molar-refractivity contribution in [1.82, 2.24) is 9.97 Å². The Morgan fingerprint density at radius 1 is 1.32 bits per heavy atom. The van der Waals surface area contributed by atoms with E-state index < -0.39 is 5.66 Å². The van der Waals surface area contributed by atoms with Gasteiger partial charge in [0, 0.05) is 17.7 Å². The van der Waals surface area contributed by atoms with E-state index in [1.165, 1.54) is 12.4 Å². The van der Waals surface area contributed by atoms with Gasteiger partial charge in [0.1, 0.15) is 17.3 Å². The van der Waals surface area contributed by atoms with E-state index in [2.05, 4.69) is 25.3 Å². The first-order valence-electron chi connectivity index (χ1n) is 8.96. The number of fused-ring (bicyclic) bond motifs is 2. The highest BCUT2D eigenvalue weighted by Crippen LogP contribution is 2.44. The van der Waals surface area contributed by atoms with Gasteiger partial charge in [-0.25, -0.2) is 15.0 Å². The van der Waals surface area contributed by atoms with Gasteiger partial charge in [0.2, 0.25) is 5.88 Å². The molecular formula is C19H20N6O3. The number of aromatic nitrogens is 2. The third-order valence-corrected chi connectivity index (χ3v) is 4.56. The van der Waals surface area contributed by atoms with Gasteiger partial charge < -0.3 is 20.5 Å². The quantitative estimate of drug-likeness (QED) is 0.835. The normalized spacial score (nSPS) is 20.1. The van der Waals surface area contributed by atoms with Crippen LogP contribution < -0.4 is 20.5 Å². The van der Waals surface area contributed by atoms with Gasteiger partial charge in [0.15, 0.2) is 5.66 Å². The molecule has 9 heteroatoms. The Morgan fingerprint density at radius 3 is 2.86 bits per heavy atom. The molecule has 1 unspecified atom stereocenters. The van der Waals surface area contributed by atoms with Crippen LogP contribution in [-0.2, 0) is 5.66 Å². The number of benzene rings is 1. The molecule has 9 nitrogen and oxygen atoms in total. The van der Waals surface area contributed by atoms with Crippen molar-refractivity contribution in [2.24, 2.45) is 15.7 Å². The molecule has 0 fully saturated rings. The van der Waals surface area contributed by atoms with Crippen molar-refractivity contribution >= 4 is 23.1 Å². The van der Waals surface area contributed by atoms with Crippen LogP contribution in [0.2, 0.25) is 0 Å². The number of carbonyl (C=O) groups excluding carboxylic acids is 1. The van der Waals surface area contributed by atoms with Crippen LogP contribution in [0.3, 0.4) is 0 Å². The summed E-state index contributed by atoms with van der Waals surface area (Å²) in [7, 11) is 0. The third-order valence-electron chi connectivity index (χ3n) is 4.56. The molecule has 1 aromatic carbocycles. The fourth-order valence-electron chi connectivity index (χ4n) is 3.21. The lowest BCUT2D eigenvalue weighted by Gasteiger charge is -2.31. The van der Waals surface area contributed by atoms with Crippen LogP contribution in [0, 0.1) is 0 Å². The van der Waals surface area contributed by atoms with Crippen LogP contribution >= 0.6 is 0 Å². The summed E-state index contributed by atoms with van der Waals surface area (Å²) in [5, 5.41) is 2.82. The minimum absolute atomic E-state index is 0.184. The maximum Gasteiger partial charge on any atom is 0.275 e. The molecular weight excluding hydrogens is 360 g/mol. The van der Waals surface area contributed by atoms with Crippen molar-refractivity contribution in [3.05, 3.63) is 41.9 Å². The molecule has 2 aromatic rings. The average molecular weight is 380 g/mol. The second kappa shape index (κ2) is 6.91. The molecule has 0 bridgehead atoms. The summed E-state index contributed by atoms with van der Waals surface area (Å²) in [6.45, 7) is 4.66. The van der Waals surface area contributed by atoms with Crippen molar-refractivity contribution in [3.8, 4) is 11.6 Å². The number of rotatable bonds is 4. The van der Waals surface area contributed by atoms with E-state index in [1.54, 1.807) is 12.1 Å². The fourth-order valence-corrected chi connectivity index (χ4v) is 3.21. The number of hydrogen-bond acceptors (Lipinski definition) is 8. The first kappa shape index (κ1) is 17.9. The Bertz CT molecular complexity index is 966. The summed E-state index contributed by atoms with van der Waals surface area (Å²) in [6.07, 6.45) is 3.38. The minimum Gasteiger partial charge on any atom is -0.493 e. The van der Waals surface area contributed by atoms with Crippen LogP contribution in [0.1, 0.15) is 36.3 Å². The Balaban J connectivity index is 1.60. The number of amidine groups is 1. The summed E-state index contributed by atoms with van der Waals surface area (Å²) in [6, 6.07) is 5.37. The lowest BCUT2D eigenvalue weighted by atomic mass is 9.94. The van der Waals surface area contributed by atoms with Crippen LogP contribution in [0.4, 0.5) is 5.69 Å². The predicted molar refractivity (Wildman–Crippen MR) is 104 cm³/mol. The molecule has 2 aliphatic rings. The Hall–Kier alpha value is -3.49. The van der Waals surface area contributed by atoms with Crippen molar-refractivity contribution < 1.29 is 14.3 Å². The van der Waals surface area contributed by atoms with Crippen molar-refractivity contribution in [1.29, 1.82) is 0 Å². The number of amides is 1. The van der Waals surface area contributed by atoms with E-state index in [9.17, 15) is 4.79 Å². The minimum atomic E-state index is -0.790. The Labute approximate surface area is 161 Å². The predicted octanol–water partition coefficient (Wildman–Crippen LogP) is 1.89. The first-order valence-corrected chi connectivity index (χ1v) is 8.96. The van der Waals surface area contributed by atoms with Crippen LogP contribution in [-0.4, -0.2) is 40.6 Å². The molecule has 144 valence electrons. The molecule has 1 aromatic heterocycles. The molecule has 1 atom stereocenters. The summed E-state index contributed by atoms with van der Waals surface area (Å²) in [4.78, 5) is 29.9. The van der Waals surface area contributed by atoms with E-state index >= 15 is 0 Å². The molecule has 28 heavy (non-hydrogen) atoms. The number of aliphatic imine (C=N–C) groups is 2. The van der Waals surface area contributed by atoms with Crippen LogP contribution in [0.15, 0.2) is 40.6 Å². The third kappa shape index (κ3) is 3.15. The summed E-state index contributed by atoms with van der Waals surface area (Å²) in [5.74, 6) is 1.10. The summed E-state index contributed by atoms with van der Waals surface area (Å²) >= 11 is 0. The lowest BCUT2D eigenvalue weighted by molar-refractivity contribution is 0.102. The van der Waals surface area contributed by atoms with Gasteiger partial charge in [-0.1, -0.05) is 0 Å². The number of nitrogens with one attached hydrogen (secondary N) is 1. The summed E-state index contributed by atoms with van der Waals surface area (Å²) < 4.78 is 11.0. The van der Waals surface area contributed by atoms with E-state index in [-0.39, 0.29) is 11.6 Å². The Kier molecular flexibility index (Phi) is 4.42. The van der Waals surface area contributed by atoms with Crippen LogP contribution in [0.5, 0.6) is 11.6 Å². The Morgan fingerprint density at radius 2 is 2.18 bits per heavy atom. The second-order valence-electron chi connectivity index (χ2n) is 6.45. The van der Waals surface area contributed by atoms with Gasteiger partial charge in [-0.15, -0.1) is 0 Å². The van der Waals surface area contributed by atoms with Crippen molar-refractivity contribution in [3.63, 3.8) is 0 Å². The first-order chi connectivity index (χ1) is 13.5. The second-order valence-corrected chi connectivity index (χ2v) is 6.45. The topological polar surface area (TPSA) is 124 Å². The zero-order chi connectivity index (χ0) is 19.7. The molecule has 4 rings (SSSR count). The van der Waals surface area contributed by atoms with Crippen molar-refractivity contribution in [2.45, 2.75) is 25.9 Å². The fraction of sp³-hybridized carbons (Fsp3) is 0.316. The van der Waals surface area contributed by atoms with Gasteiger partial charge >= 0.3 is 0 Å². The zero-order valence-electron chi connectivity index (χ0n) is 15.6. The van der Waals surface area contributed by atoms with Crippen LogP contribution in [0.25, 0.3) is 0 Å². The number of carbonyl (C=O) groups is 1. The standard InChI is InChI=1S/C19H20N6O3/c1-3-27-16-10-21-14(9-22-16)18(26)23-12-4-5-15-13(8-12)19(6-7-28-15)24-11(2)17(20)25-19/h4-5,8-10H,3,6-7H2,1-2H3,(H2,20,25)(H,23,26). The van der Waals surface area contributed by atoms with E-state index in [0.717, 1.165) is 5.56 Å². The van der Waals surface area contributed by atoms with E-state index in [4.69, 9.17) is 15.2 Å². The van der Waals surface area contributed by atoms with E-state index in [1.807, 2.05) is 19.9 Å². The molecule has 0 aliphatic carbocycles. The molecule has 2 aliphatic heterocycles. The van der Waals surface area contributed by atoms with Gasteiger partial charge in [-0.2, -0.15) is 0 Å². The van der Waals surface area contributed by atoms with E-state index in [0.29, 0.717) is 48.5 Å². The number of hydrogen-bond donors (Lipinski definition) is 2. The molecule has 0 saturated carbocycles. The number of nitrogens with zero attached hydrogens (tertiary/aromatic N) is 4. The molecule has 3 N–H and O–H groups in total. The average Bonchev–Trinajstić information content (AvgIpc) is 2.97. The monoisotopic (exact) mass is 380 g/mol. The maximum absolute atomic E-state index is 12.5. The number of ether oxygens (including phenoxy) is 2. The smallest absolute Gasteiger partial charge is 0.275 e. The van der Waals surface area contributed by atoms with Gasteiger partial charge in [-0.05, 0) is 32.0 Å². The highest BCUT2D eigenvalue weighted by Gasteiger charge is 2.41. The van der Waals surface area contributed by atoms with Crippen molar-refractivity contribution in [2.75, 3.05) is 18.5 Å². The lowest BCUT2D eigenvalue weighted by Crippen LogP contribution is -2.29. The van der Waals surface area contributed by atoms with Gasteiger partial charge in [0.25, 0.3) is 5.91 Å². The van der Waals surface area contributed by atoms with Gasteiger partial charge in [0.05, 0.1) is 31.3 Å². The maximum atomic E-state index is 12.5. The largest absolute Gasteiger partial charge is 0.493 e. The number of anilines is 1. The SMILES string of the molecule is CCOc1cnc(C(=O)Nc2ccc3c(c2)C2(CCO3)N=C(C)C(N)=N2)cn1. The highest BCUT2D eigenvalue weighted by molar-refractivity contribution is 6.41. The number of nitrogens with two attached hydrogens (primary N) is 1. The molecule has 1 spiro atoms. The molecule has 0 saturated heterocycles. The zero-order valence-corrected chi connectivity index (χ0v) is 15.6. The molecule has 3 heterocycles. The molecule has 1 amide bonds. The summed E-state index contributed by atoms with van der Waals surface area (Å²) in [5.41, 5.74) is 7.40. The van der Waals surface area contributed by atoms with Gasteiger partial charge in [-0.3, -0.25) is 9.79 Å². The molecule has 0 radical (unpaired) electrons. The highest BCUT2D eigenvalue weighted by atomic mass is 16.5.